The predicted octanol–water partition coefficient (Wildman–Crippen LogP) is 4.70. The van der Waals surface area contributed by atoms with Crippen molar-refractivity contribution in [3.05, 3.63) is 38.8 Å². The summed E-state index contributed by atoms with van der Waals surface area (Å²) in [6, 6.07) is 5.47. The summed E-state index contributed by atoms with van der Waals surface area (Å²) >= 11 is 14.0. The first-order valence-corrected chi connectivity index (χ1v) is 7.26. The minimum atomic E-state index is 0.342. The van der Waals surface area contributed by atoms with Crippen LogP contribution in [0.4, 0.5) is 0 Å². The van der Waals surface area contributed by atoms with E-state index in [1.165, 1.54) is 0 Å². The third kappa shape index (κ3) is 2.54. The second-order valence-corrected chi connectivity index (χ2v) is 6.18. The number of hydrogen-bond acceptors (Lipinski definition) is 3. The van der Waals surface area contributed by atoms with Crippen LogP contribution in [0.15, 0.2) is 18.2 Å². The zero-order valence-electron chi connectivity index (χ0n) is 10.2. The molecule has 0 saturated carbocycles. The largest absolute Gasteiger partial charge is 0.326 e. The molecule has 1 heterocycles. The SMILES string of the molecule is CC(C)c1nc(-c2c(Cl)cccc2Cl)sc1CN. The second kappa shape index (κ2) is 5.57. The molecular formula is C13H14Cl2N2S. The Bertz CT molecular complexity index is 544. The van der Waals surface area contributed by atoms with Crippen molar-refractivity contribution in [3.8, 4) is 10.6 Å². The van der Waals surface area contributed by atoms with Gasteiger partial charge in [0.2, 0.25) is 0 Å². The summed E-state index contributed by atoms with van der Waals surface area (Å²) in [5.41, 5.74) is 7.59. The molecule has 0 aliphatic carbocycles. The van der Waals surface area contributed by atoms with Crippen LogP contribution in [0.5, 0.6) is 0 Å². The zero-order valence-corrected chi connectivity index (χ0v) is 12.5. The summed E-state index contributed by atoms with van der Waals surface area (Å²) in [7, 11) is 0. The van der Waals surface area contributed by atoms with Gasteiger partial charge in [0.25, 0.3) is 0 Å². The lowest BCUT2D eigenvalue weighted by Crippen LogP contribution is -1.99. The van der Waals surface area contributed by atoms with Gasteiger partial charge in [-0.05, 0) is 18.1 Å². The van der Waals surface area contributed by atoms with Gasteiger partial charge < -0.3 is 5.73 Å². The third-order valence-corrected chi connectivity index (χ3v) is 4.38. The minimum Gasteiger partial charge on any atom is -0.326 e. The van der Waals surface area contributed by atoms with Crippen molar-refractivity contribution in [2.45, 2.75) is 26.3 Å². The summed E-state index contributed by atoms with van der Waals surface area (Å²) in [4.78, 5) is 5.74. The molecule has 0 spiro atoms. The lowest BCUT2D eigenvalue weighted by atomic mass is 10.1. The standard InChI is InChI=1S/C13H14Cl2N2S/c1-7(2)12-10(6-16)18-13(17-12)11-8(14)4-3-5-9(11)15/h3-5,7H,6,16H2,1-2H3. The van der Waals surface area contributed by atoms with E-state index in [1.54, 1.807) is 11.3 Å². The van der Waals surface area contributed by atoms with Gasteiger partial charge in [0.05, 0.1) is 15.7 Å². The Morgan fingerprint density at radius 1 is 1.28 bits per heavy atom. The zero-order chi connectivity index (χ0) is 13.3. The fraction of sp³-hybridized carbons (Fsp3) is 0.308. The molecule has 5 heteroatoms. The molecule has 0 amide bonds. The Morgan fingerprint density at radius 3 is 2.33 bits per heavy atom. The van der Waals surface area contributed by atoms with E-state index < -0.39 is 0 Å². The van der Waals surface area contributed by atoms with Crippen molar-refractivity contribution in [1.29, 1.82) is 0 Å². The maximum Gasteiger partial charge on any atom is 0.126 e. The Morgan fingerprint density at radius 2 is 1.89 bits per heavy atom. The predicted molar refractivity (Wildman–Crippen MR) is 79.6 cm³/mol. The average Bonchev–Trinajstić information content (AvgIpc) is 2.73. The lowest BCUT2D eigenvalue weighted by molar-refractivity contribution is 0.814. The van der Waals surface area contributed by atoms with Crippen LogP contribution in [0.1, 0.15) is 30.3 Å². The summed E-state index contributed by atoms with van der Waals surface area (Å²) in [5.74, 6) is 0.342. The van der Waals surface area contributed by atoms with E-state index in [0.717, 1.165) is 21.1 Å². The van der Waals surface area contributed by atoms with Gasteiger partial charge in [0.1, 0.15) is 5.01 Å². The van der Waals surface area contributed by atoms with Gasteiger partial charge in [-0.3, -0.25) is 0 Å². The number of aromatic nitrogens is 1. The van der Waals surface area contributed by atoms with Crippen LogP contribution in [0.2, 0.25) is 10.0 Å². The normalized spacial score (nSPS) is 11.2. The summed E-state index contributed by atoms with van der Waals surface area (Å²) < 4.78 is 0. The summed E-state index contributed by atoms with van der Waals surface area (Å²) in [6.45, 7) is 4.70. The number of thiazole rings is 1. The molecule has 1 aromatic heterocycles. The number of nitrogens with zero attached hydrogens (tertiary/aromatic N) is 1. The highest BCUT2D eigenvalue weighted by Crippen LogP contribution is 2.39. The Balaban J connectivity index is 2.58. The monoisotopic (exact) mass is 300 g/mol. The van der Waals surface area contributed by atoms with Crippen molar-refractivity contribution < 1.29 is 0 Å². The summed E-state index contributed by atoms with van der Waals surface area (Å²) in [6.07, 6.45) is 0. The van der Waals surface area contributed by atoms with Gasteiger partial charge in [-0.1, -0.05) is 43.1 Å². The van der Waals surface area contributed by atoms with Crippen LogP contribution in [0, 0.1) is 0 Å². The third-order valence-electron chi connectivity index (χ3n) is 2.64. The number of rotatable bonds is 3. The van der Waals surface area contributed by atoms with Crippen LogP contribution in [-0.4, -0.2) is 4.98 Å². The highest BCUT2D eigenvalue weighted by Gasteiger charge is 2.17. The van der Waals surface area contributed by atoms with Crippen molar-refractivity contribution >= 4 is 34.5 Å². The van der Waals surface area contributed by atoms with Crippen molar-refractivity contribution in [1.82, 2.24) is 4.98 Å². The first-order chi connectivity index (χ1) is 8.54. The van der Waals surface area contributed by atoms with E-state index in [4.69, 9.17) is 28.9 Å². The molecule has 96 valence electrons. The van der Waals surface area contributed by atoms with Crippen molar-refractivity contribution in [2.75, 3.05) is 0 Å². The lowest BCUT2D eigenvalue weighted by Gasteiger charge is -2.03. The quantitative estimate of drug-likeness (QED) is 0.892. The molecular weight excluding hydrogens is 287 g/mol. The second-order valence-electron chi connectivity index (χ2n) is 4.28. The number of benzene rings is 1. The van der Waals surface area contributed by atoms with Gasteiger partial charge in [0.15, 0.2) is 0 Å². The molecule has 2 nitrogen and oxygen atoms in total. The number of nitrogens with two attached hydrogens (primary N) is 1. The Kier molecular flexibility index (Phi) is 4.28. The van der Waals surface area contributed by atoms with Gasteiger partial charge in [-0.15, -0.1) is 11.3 Å². The van der Waals surface area contributed by atoms with Gasteiger partial charge in [0, 0.05) is 17.0 Å². The van der Waals surface area contributed by atoms with E-state index in [0.29, 0.717) is 22.5 Å². The molecule has 0 atom stereocenters. The van der Waals surface area contributed by atoms with E-state index in [9.17, 15) is 0 Å². The molecule has 2 rings (SSSR count). The molecule has 0 saturated heterocycles. The highest BCUT2D eigenvalue weighted by molar-refractivity contribution is 7.15. The van der Waals surface area contributed by atoms with E-state index in [-0.39, 0.29) is 0 Å². The maximum absolute atomic E-state index is 6.20. The molecule has 2 N–H and O–H groups in total. The van der Waals surface area contributed by atoms with Crippen LogP contribution in [0.3, 0.4) is 0 Å². The fourth-order valence-electron chi connectivity index (χ4n) is 1.77. The topological polar surface area (TPSA) is 38.9 Å². The van der Waals surface area contributed by atoms with Crippen LogP contribution in [0.25, 0.3) is 10.6 Å². The molecule has 0 aliphatic rings. The Hall–Kier alpha value is -0.610. The first kappa shape index (κ1) is 13.8. The minimum absolute atomic E-state index is 0.342. The van der Waals surface area contributed by atoms with Crippen molar-refractivity contribution in [3.63, 3.8) is 0 Å². The van der Waals surface area contributed by atoms with Crippen LogP contribution in [-0.2, 0) is 6.54 Å². The highest BCUT2D eigenvalue weighted by atomic mass is 35.5. The molecule has 2 aromatic rings. The molecule has 0 fully saturated rings. The number of hydrogen-bond donors (Lipinski definition) is 1. The van der Waals surface area contributed by atoms with Crippen molar-refractivity contribution in [2.24, 2.45) is 5.73 Å². The molecule has 0 radical (unpaired) electrons. The van der Waals surface area contributed by atoms with E-state index in [1.807, 2.05) is 18.2 Å². The molecule has 0 bridgehead atoms. The van der Waals surface area contributed by atoms with Crippen LogP contribution >= 0.6 is 34.5 Å². The number of halogens is 2. The average molecular weight is 301 g/mol. The van der Waals surface area contributed by atoms with Gasteiger partial charge in [-0.25, -0.2) is 4.98 Å². The van der Waals surface area contributed by atoms with Gasteiger partial charge in [-0.2, -0.15) is 0 Å². The molecule has 0 unspecified atom stereocenters. The summed E-state index contributed by atoms with van der Waals surface area (Å²) in [5, 5.41) is 2.08. The molecule has 1 aromatic carbocycles. The fourth-order valence-corrected chi connectivity index (χ4v) is 3.63. The van der Waals surface area contributed by atoms with Gasteiger partial charge >= 0.3 is 0 Å². The van der Waals surface area contributed by atoms with Crippen LogP contribution < -0.4 is 5.73 Å². The molecule has 0 aliphatic heterocycles. The van der Waals surface area contributed by atoms with E-state index in [2.05, 4.69) is 18.8 Å². The first-order valence-electron chi connectivity index (χ1n) is 5.68. The smallest absolute Gasteiger partial charge is 0.126 e. The maximum atomic E-state index is 6.20. The molecule has 18 heavy (non-hydrogen) atoms. The van der Waals surface area contributed by atoms with E-state index >= 15 is 0 Å². The Labute approximate surface area is 121 Å².